The first-order valence-electron chi connectivity index (χ1n) is 6.29. The Bertz CT molecular complexity index is 454. The molecule has 0 aromatic carbocycles. The summed E-state index contributed by atoms with van der Waals surface area (Å²) in [6, 6.07) is 3.64. The maximum Gasteiger partial charge on any atom is 0.252 e. The highest BCUT2D eigenvalue weighted by Gasteiger charge is 2.23. The molecule has 0 bridgehead atoms. The van der Waals surface area contributed by atoms with Crippen molar-refractivity contribution in [2.75, 3.05) is 26.7 Å². The topological polar surface area (TPSA) is 49.4 Å². The molecule has 0 fully saturated rings. The SMILES string of the molecule is CCCN(CC)S(=O)(=O)c1ccc(CCNC)s1. The van der Waals surface area contributed by atoms with Gasteiger partial charge in [0.2, 0.25) is 0 Å². The second-order valence-corrected chi connectivity index (χ2v) is 7.40. The second-order valence-electron chi connectivity index (χ2n) is 4.07. The molecule has 0 aliphatic carbocycles. The van der Waals surface area contributed by atoms with Crippen molar-refractivity contribution >= 4 is 21.4 Å². The molecule has 1 aromatic rings. The first kappa shape index (κ1) is 15.6. The molecule has 1 aromatic heterocycles. The van der Waals surface area contributed by atoms with Crippen LogP contribution in [0.4, 0.5) is 0 Å². The van der Waals surface area contributed by atoms with Crippen LogP contribution in [0.25, 0.3) is 0 Å². The average Bonchev–Trinajstić information content (AvgIpc) is 2.82. The smallest absolute Gasteiger partial charge is 0.252 e. The Morgan fingerprint density at radius 2 is 2.06 bits per heavy atom. The molecule has 18 heavy (non-hydrogen) atoms. The molecule has 0 radical (unpaired) electrons. The van der Waals surface area contributed by atoms with E-state index in [9.17, 15) is 8.42 Å². The van der Waals surface area contributed by atoms with Crippen molar-refractivity contribution in [3.05, 3.63) is 17.0 Å². The van der Waals surface area contributed by atoms with Crippen LogP contribution in [0.15, 0.2) is 16.3 Å². The fourth-order valence-corrected chi connectivity index (χ4v) is 4.75. The third-order valence-electron chi connectivity index (χ3n) is 2.68. The summed E-state index contributed by atoms with van der Waals surface area (Å²) >= 11 is 1.38. The molecular formula is C12H22N2O2S2. The highest BCUT2D eigenvalue weighted by Crippen LogP contribution is 2.25. The van der Waals surface area contributed by atoms with E-state index in [2.05, 4.69) is 5.32 Å². The molecule has 6 heteroatoms. The predicted molar refractivity (Wildman–Crippen MR) is 76.7 cm³/mol. The Hall–Kier alpha value is -0.430. The van der Waals surface area contributed by atoms with Gasteiger partial charge in [0.1, 0.15) is 4.21 Å². The van der Waals surface area contributed by atoms with Gasteiger partial charge in [0.05, 0.1) is 0 Å². The molecule has 0 aliphatic heterocycles. The monoisotopic (exact) mass is 290 g/mol. The van der Waals surface area contributed by atoms with E-state index in [0.29, 0.717) is 17.3 Å². The minimum absolute atomic E-state index is 0.462. The minimum Gasteiger partial charge on any atom is -0.319 e. The number of likely N-dealkylation sites (N-methyl/N-ethyl adjacent to an activating group) is 1. The van der Waals surface area contributed by atoms with Crippen LogP contribution < -0.4 is 5.32 Å². The number of rotatable bonds is 8. The van der Waals surface area contributed by atoms with Crippen LogP contribution in [-0.2, 0) is 16.4 Å². The van der Waals surface area contributed by atoms with Crippen molar-refractivity contribution in [1.82, 2.24) is 9.62 Å². The Morgan fingerprint density at radius 1 is 1.33 bits per heavy atom. The first-order chi connectivity index (χ1) is 8.56. The van der Waals surface area contributed by atoms with Crippen LogP contribution >= 0.6 is 11.3 Å². The summed E-state index contributed by atoms with van der Waals surface area (Å²) < 4.78 is 26.7. The van der Waals surface area contributed by atoms with Crippen LogP contribution in [0, 0.1) is 0 Å². The number of sulfonamides is 1. The number of nitrogens with one attached hydrogen (secondary N) is 1. The molecule has 4 nitrogen and oxygen atoms in total. The molecule has 0 unspecified atom stereocenters. The summed E-state index contributed by atoms with van der Waals surface area (Å²) in [7, 11) is -1.39. The van der Waals surface area contributed by atoms with Crippen molar-refractivity contribution in [3.8, 4) is 0 Å². The van der Waals surface area contributed by atoms with Crippen LogP contribution in [0.2, 0.25) is 0 Å². The summed E-state index contributed by atoms with van der Waals surface area (Å²) in [4.78, 5) is 1.11. The van der Waals surface area contributed by atoms with Crippen molar-refractivity contribution in [2.24, 2.45) is 0 Å². The van der Waals surface area contributed by atoms with Gasteiger partial charge in [-0.3, -0.25) is 0 Å². The first-order valence-corrected chi connectivity index (χ1v) is 8.55. The number of hydrogen-bond acceptors (Lipinski definition) is 4. The molecule has 1 N–H and O–H groups in total. The van der Waals surface area contributed by atoms with E-state index in [-0.39, 0.29) is 0 Å². The van der Waals surface area contributed by atoms with Gasteiger partial charge in [0.25, 0.3) is 10.0 Å². The average molecular weight is 290 g/mol. The number of hydrogen-bond donors (Lipinski definition) is 1. The number of thiophene rings is 1. The van der Waals surface area contributed by atoms with Gasteiger partial charge in [-0.1, -0.05) is 13.8 Å². The van der Waals surface area contributed by atoms with Crippen molar-refractivity contribution in [1.29, 1.82) is 0 Å². The van der Waals surface area contributed by atoms with Gasteiger partial charge in [-0.05, 0) is 38.6 Å². The van der Waals surface area contributed by atoms with E-state index in [0.717, 1.165) is 24.3 Å². The zero-order chi connectivity index (χ0) is 13.6. The molecule has 0 amide bonds. The quantitative estimate of drug-likeness (QED) is 0.796. The van der Waals surface area contributed by atoms with Crippen LogP contribution in [0.5, 0.6) is 0 Å². The van der Waals surface area contributed by atoms with E-state index in [1.807, 2.05) is 27.0 Å². The third kappa shape index (κ3) is 3.78. The maximum absolute atomic E-state index is 12.4. The van der Waals surface area contributed by atoms with Crippen LogP contribution in [0.3, 0.4) is 0 Å². The van der Waals surface area contributed by atoms with Crippen LogP contribution in [-0.4, -0.2) is 39.4 Å². The summed E-state index contributed by atoms with van der Waals surface area (Å²) in [6.45, 7) is 5.85. The second kappa shape index (κ2) is 7.23. The Kier molecular flexibility index (Phi) is 6.28. The normalized spacial score (nSPS) is 12.2. The number of nitrogens with zero attached hydrogens (tertiary/aromatic N) is 1. The molecular weight excluding hydrogens is 268 g/mol. The van der Waals surface area contributed by atoms with Gasteiger partial charge in [0.15, 0.2) is 0 Å². The maximum atomic E-state index is 12.4. The Labute approximate surface area is 114 Å². The van der Waals surface area contributed by atoms with Crippen molar-refractivity contribution < 1.29 is 8.42 Å². The molecule has 104 valence electrons. The molecule has 0 atom stereocenters. The third-order valence-corrected chi connectivity index (χ3v) is 6.26. The Morgan fingerprint density at radius 3 is 2.61 bits per heavy atom. The molecule has 0 spiro atoms. The van der Waals surface area contributed by atoms with Gasteiger partial charge >= 0.3 is 0 Å². The zero-order valence-electron chi connectivity index (χ0n) is 11.3. The van der Waals surface area contributed by atoms with Gasteiger partial charge in [-0.15, -0.1) is 11.3 Å². The molecule has 1 rings (SSSR count). The lowest BCUT2D eigenvalue weighted by Crippen LogP contribution is -2.31. The fraction of sp³-hybridized carbons (Fsp3) is 0.667. The minimum atomic E-state index is -3.29. The highest BCUT2D eigenvalue weighted by molar-refractivity contribution is 7.91. The van der Waals surface area contributed by atoms with Crippen molar-refractivity contribution in [3.63, 3.8) is 0 Å². The Balaban J connectivity index is 2.87. The lowest BCUT2D eigenvalue weighted by Gasteiger charge is -2.18. The van der Waals surface area contributed by atoms with Gasteiger partial charge in [-0.2, -0.15) is 4.31 Å². The summed E-state index contributed by atoms with van der Waals surface area (Å²) in [5, 5.41) is 3.07. The lowest BCUT2D eigenvalue weighted by molar-refractivity contribution is 0.428. The lowest BCUT2D eigenvalue weighted by atomic mass is 10.3. The summed E-state index contributed by atoms with van der Waals surface area (Å²) in [5.41, 5.74) is 0. The summed E-state index contributed by atoms with van der Waals surface area (Å²) in [6.07, 6.45) is 1.71. The summed E-state index contributed by atoms with van der Waals surface area (Å²) in [5.74, 6) is 0. The largest absolute Gasteiger partial charge is 0.319 e. The molecule has 0 saturated heterocycles. The van der Waals surface area contributed by atoms with E-state index in [1.54, 1.807) is 10.4 Å². The van der Waals surface area contributed by atoms with Gasteiger partial charge < -0.3 is 5.32 Å². The molecule has 0 saturated carbocycles. The van der Waals surface area contributed by atoms with E-state index in [4.69, 9.17) is 0 Å². The van der Waals surface area contributed by atoms with Gasteiger partial charge in [0, 0.05) is 18.0 Å². The highest BCUT2D eigenvalue weighted by atomic mass is 32.2. The van der Waals surface area contributed by atoms with E-state index >= 15 is 0 Å². The van der Waals surface area contributed by atoms with E-state index in [1.165, 1.54) is 11.3 Å². The van der Waals surface area contributed by atoms with E-state index < -0.39 is 10.0 Å². The standard InChI is InChI=1S/C12H22N2O2S2/c1-4-10-14(5-2)18(15,16)12-7-6-11(17-12)8-9-13-3/h6-7,13H,4-5,8-10H2,1-3H3. The predicted octanol–water partition coefficient (Wildman–Crippen LogP) is 1.93. The van der Waals surface area contributed by atoms with Crippen molar-refractivity contribution in [2.45, 2.75) is 30.9 Å². The van der Waals surface area contributed by atoms with Crippen LogP contribution in [0.1, 0.15) is 25.1 Å². The molecule has 1 heterocycles. The van der Waals surface area contributed by atoms with Gasteiger partial charge in [-0.25, -0.2) is 8.42 Å². The fourth-order valence-electron chi connectivity index (χ4n) is 1.70. The molecule has 0 aliphatic rings. The zero-order valence-corrected chi connectivity index (χ0v) is 12.9.